The maximum absolute atomic E-state index is 11.6. The third-order valence-electron chi connectivity index (χ3n) is 2.18. The molecule has 1 unspecified atom stereocenters. The van der Waals surface area contributed by atoms with E-state index in [1.165, 1.54) is 12.1 Å². The highest BCUT2D eigenvalue weighted by molar-refractivity contribution is 7.93. The molecule has 1 atom stereocenters. The van der Waals surface area contributed by atoms with E-state index < -0.39 is 27.8 Å². The number of anilines is 1. The van der Waals surface area contributed by atoms with Crippen molar-refractivity contribution in [2.45, 2.75) is 13.0 Å². The molecule has 1 aromatic carbocycles. The van der Waals surface area contributed by atoms with Crippen molar-refractivity contribution >= 4 is 21.7 Å². The van der Waals surface area contributed by atoms with Crippen molar-refractivity contribution in [2.75, 3.05) is 17.6 Å². The fourth-order valence-corrected chi connectivity index (χ4v) is 2.28. The van der Waals surface area contributed by atoms with Gasteiger partial charge < -0.3 is 9.84 Å². The lowest BCUT2D eigenvalue weighted by Gasteiger charge is -2.10. The van der Waals surface area contributed by atoms with Crippen LogP contribution in [-0.4, -0.2) is 32.4 Å². The molecule has 0 amide bonds. The van der Waals surface area contributed by atoms with Crippen LogP contribution in [0.5, 0.6) is 0 Å². The Morgan fingerprint density at radius 1 is 1.50 bits per heavy atom. The molecule has 0 spiro atoms. The number of rotatable bonds is 5. The van der Waals surface area contributed by atoms with Gasteiger partial charge in [0.05, 0.1) is 13.2 Å². The molecule has 0 bridgehead atoms. The van der Waals surface area contributed by atoms with Gasteiger partial charge in [-0.1, -0.05) is 12.1 Å². The number of aliphatic hydroxyl groups excluding tert-OH is 1. The van der Waals surface area contributed by atoms with E-state index in [0.717, 1.165) is 7.11 Å². The summed E-state index contributed by atoms with van der Waals surface area (Å²) < 4.78 is 29.7. The largest absolute Gasteiger partial charge is 0.468 e. The van der Waals surface area contributed by atoms with Gasteiger partial charge >= 0.3 is 5.97 Å². The van der Waals surface area contributed by atoms with Crippen molar-refractivity contribution in [3.63, 3.8) is 0 Å². The second-order valence-corrected chi connectivity index (χ2v) is 5.46. The highest BCUT2D eigenvalue weighted by atomic mass is 32.2. The van der Waals surface area contributed by atoms with Crippen LogP contribution in [0.4, 0.5) is 5.69 Å². The molecule has 0 radical (unpaired) electrons. The Morgan fingerprint density at radius 2 is 2.17 bits per heavy atom. The van der Waals surface area contributed by atoms with Crippen molar-refractivity contribution in [1.29, 1.82) is 0 Å². The lowest BCUT2D eigenvalue weighted by Crippen LogP contribution is -2.23. The first-order valence-corrected chi connectivity index (χ1v) is 6.84. The topological polar surface area (TPSA) is 92.7 Å². The Balaban J connectivity index is 2.84. The average Bonchev–Trinajstić information content (AvgIpc) is 2.27. The minimum Gasteiger partial charge on any atom is -0.468 e. The third-order valence-corrected chi connectivity index (χ3v) is 3.34. The highest BCUT2D eigenvalue weighted by Crippen LogP contribution is 2.17. The number of ether oxygens (including phenoxy) is 1. The van der Waals surface area contributed by atoms with Crippen LogP contribution in [-0.2, 0) is 19.6 Å². The molecule has 0 heterocycles. The Morgan fingerprint density at radius 3 is 2.72 bits per heavy atom. The number of sulfonamides is 1. The summed E-state index contributed by atoms with van der Waals surface area (Å²) in [6.07, 6.45) is -0.699. The van der Waals surface area contributed by atoms with Crippen molar-refractivity contribution in [3.05, 3.63) is 29.8 Å². The van der Waals surface area contributed by atoms with Crippen LogP contribution in [0.2, 0.25) is 0 Å². The summed E-state index contributed by atoms with van der Waals surface area (Å²) in [4.78, 5) is 10.9. The van der Waals surface area contributed by atoms with E-state index in [1.807, 2.05) is 0 Å². The fraction of sp³-hybridized carbons (Fsp3) is 0.364. The van der Waals surface area contributed by atoms with Gasteiger partial charge in [-0.15, -0.1) is 0 Å². The SMILES string of the molecule is COC(=O)CS(=O)(=O)Nc1cccc(C(C)O)c1. The summed E-state index contributed by atoms with van der Waals surface area (Å²) in [6, 6.07) is 6.31. The first kappa shape index (κ1) is 14.5. The quantitative estimate of drug-likeness (QED) is 0.769. The molecule has 0 saturated heterocycles. The van der Waals surface area contributed by atoms with Crippen LogP contribution in [0.25, 0.3) is 0 Å². The van der Waals surface area contributed by atoms with Gasteiger partial charge in [-0.25, -0.2) is 8.42 Å². The molecular weight excluding hydrogens is 258 g/mol. The van der Waals surface area contributed by atoms with Crippen molar-refractivity contribution in [2.24, 2.45) is 0 Å². The summed E-state index contributed by atoms with van der Waals surface area (Å²) in [7, 11) is -2.68. The number of carbonyl (C=O) groups excluding carboxylic acids is 1. The van der Waals surface area contributed by atoms with Crippen LogP contribution in [0.3, 0.4) is 0 Å². The zero-order chi connectivity index (χ0) is 13.8. The second kappa shape index (κ2) is 5.83. The highest BCUT2D eigenvalue weighted by Gasteiger charge is 2.17. The lowest BCUT2D eigenvalue weighted by molar-refractivity contribution is -0.137. The molecule has 0 aromatic heterocycles. The van der Waals surface area contributed by atoms with Crippen LogP contribution < -0.4 is 4.72 Å². The van der Waals surface area contributed by atoms with Crippen molar-refractivity contribution in [1.82, 2.24) is 0 Å². The number of carbonyl (C=O) groups is 1. The average molecular weight is 273 g/mol. The standard InChI is InChI=1S/C11H15NO5S/c1-8(13)9-4-3-5-10(6-9)12-18(15,16)7-11(14)17-2/h3-6,8,12-13H,7H2,1-2H3. The maximum atomic E-state index is 11.6. The van der Waals surface area contributed by atoms with E-state index in [9.17, 15) is 18.3 Å². The van der Waals surface area contributed by atoms with Gasteiger partial charge in [0.2, 0.25) is 10.0 Å². The molecule has 18 heavy (non-hydrogen) atoms. The molecule has 1 aromatic rings. The zero-order valence-corrected chi connectivity index (χ0v) is 10.9. The molecule has 100 valence electrons. The molecule has 0 fully saturated rings. The molecule has 7 heteroatoms. The van der Waals surface area contributed by atoms with Gasteiger partial charge in [0.25, 0.3) is 0 Å². The summed E-state index contributed by atoms with van der Waals surface area (Å²) in [5.41, 5.74) is 0.866. The molecular formula is C11H15NO5S. The van der Waals surface area contributed by atoms with E-state index in [-0.39, 0.29) is 5.69 Å². The van der Waals surface area contributed by atoms with Gasteiger partial charge in [-0.05, 0) is 24.6 Å². The Labute approximate surface area is 106 Å². The predicted molar refractivity (Wildman–Crippen MR) is 66.5 cm³/mol. The van der Waals surface area contributed by atoms with Crippen LogP contribution in [0.1, 0.15) is 18.6 Å². The number of methoxy groups -OCH3 is 1. The lowest BCUT2D eigenvalue weighted by atomic mass is 10.1. The number of aliphatic hydroxyl groups is 1. The fourth-order valence-electron chi connectivity index (χ4n) is 1.29. The molecule has 0 aliphatic carbocycles. The van der Waals surface area contributed by atoms with Gasteiger partial charge in [-0.2, -0.15) is 0 Å². The summed E-state index contributed by atoms with van der Waals surface area (Å²) in [5.74, 6) is -1.59. The summed E-state index contributed by atoms with van der Waals surface area (Å²) >= 11 is 0. The Kier molecular flexibility index (Phi) is 4.69. The molecule has 0 aliphatic heterocycles. The summed E-state index contributed by atoms with van der Waals surface area (Å²) in [6.45, 7) is 1.57. The maximum Gasteiger partial charge on any atom is 0.322 e. The number of benzene rings is 1. The predicted octanol–water partition coefficient (Wildman–Crippen LogP) is 0.655. The van der Waals surface area contributed by atoms with E-state index in [2.05, 4.69) is 9.46 Å². The van der Waals surface area contributed by atoms with Crippen molar-refractivity contribution < 1.29 is 23.1 Å². The summed E-state index contributed by atoms with van der Waals surface area (Å²) in [5, 5.41) is 9.38. The Hall–Kier alpha value is -1.60. The molecule has 6 nitrogen and oxygen atoms in total. The second-order valence-electron chi connectivity index (χ2n) is 3.74. The third kappa shape index (κ3) is 4.34. The molecule has 0 saturated carbocycles. The van der Waals surface area contributed by atoms with E-state index in [1.54, 1.807) is 19.1 Å². The normalized spacial score (nSPS) is 12.8. The van der Waals surface area contributed by atoms with E-state index in [4.69, 9.17) is 0 Å². The van der Waals surface area contributed by atoms with Crippen LogP contribution >= 0.6 is 0 Å². The number of esters is 1. The van der Waals surface area contributed by atoms with Crippen molar-refractivity contribution in [3.8, 4) is 0 Å². The first-order chi connectivity index (χ1) is 8.34. The number of hydrogen-bond donors (Lipinski definition) is 2. The minimum absolute atomic E-state index is 0.289. The minimum atomic E-state index is -3.79. The number of nitrogens with one attached hydrogen (secondary N) is 1. The number of hydrogen-bond acceptors (Lipinski definition) is 5. The molecule has 0 aliphatic rings. The van der Waals surface area contributed by atoms with Gasteiger partial charge in [0, 0.05) is 5.69 Å². The van der Waals surface area contributed by atoms with Gasteiger partial charge in [0.15, 0.2) is 5.75 Å². The molecule has 2 N–H and O–H groups in total. The monoisotopic (exact) mass is 273 g/mol. The van der Waals surface area contributed by atoms with Gasteiger partial charge in [0.1, 0.15) is 0 Å². The zero-order valence-electron chi connectivity index (χ0n) is 10.1. The van der Waals surface area contributed by atoms with E-state index >= 15 is 0 Å². The van der Waals surface area contributed by atoms with Gasteiger partial charge in [-0.3, -0.25) is 9.52 Å². The van der Waals surface area contributed by atoms with E-state index in [0.29, 0.717) is 5.56 Å². The molecule has 1 rings (SSSR count). The van der Waals surface area contributed by atoms with Crippen LogP contribution in [0.15, 0.2) is 24.3 Å². The smallest absolute Gasteiger partial charge is 0.322 e. The Bertz CT molecular complexity index is 524. The first-order valence-electron chi connectivity index (χ1n) is 5.19. The van der Waals surface area contributed by atoms with Crippen LogP contribution in [0, 0.1) is 0 Å².